The van der Waals surface area contributed by atoms with Gasteiger partial charge in [-0.2, -0.15) is 0 Å². The minimum absolute atomic E-state index is 0.185. The van der Waals surface area contributed by atoms with Gasteiger partial charge in [-0.1, -0.05) is 50.3 Å². The number of carbonyl (C=O) groups excluding carboxylic acids is 1. The standard InChI is InChI=1S/C24H33N3O4S/c1-29-20-12-14-21(15-13-20)30-16-22-25-26-24(31-22)32-17-23(28)27(18-8-4-2-5-9-18)19-10-6-3-7-11-19/h12-15,18-19H,2-11,16-17H2,1H3. The zero-order valence-electron chi connectivity index (χ0n) is 18.8. The molecule has 32 heavy (non-hydrogen) atoms. The van der Waals surface area contributed by atoms with Gasteiger partial charge in [0.25, 0.3) is 11.1 Å². The number of hydrogen-bond donors (Lipinski definition) is 0. The van der Waals surface area contributed by atoms with Crippen molar-refractivity contribution >= 4 is 17.7 Å². The zero-order chi connectivity index (χ0) is 22.2. The first-order valence-electron chi connectivity index (χ1n) is 11.8. The van der Waals surface area contributed by atoms with Crippen LogP contribution in [0.15, 0.2) is 33.9 Å². The van der Waals surface area contributed by atoms with Crippen molar-refractivity contribution in [2.75, 3.05) is 12.9 Å². The Labute approximate surface area is 194 Å². The molecule has 2 aliphatic carbocycles. The van der Waals surface area contributed by atoms with E-state index in [1.165, 1.54) is 50.3 Å². The molecule has 0 N–H and O–H groups in total. The Morgan fingerprint density at radius 3 is 2.16 bits per heavy atom. The zero-order valence-corrected chi connectivity index (χ0v) is 19.6. The van der Waals surface area contributed by atoms with Crippen LogP contribution in [-0.4, -0.2) is 46.0 Å². The summed E-state index contributed by atoms with van der Waals surface area (Å²) >= 11 is 1.33. The van der Waals surface area contributed by atoms with Crippen LogP contribution >= 0.6 is 11.8 Å². The minimum atomic E-state index is 0.185. The molecular weight excluding hydrogens is 426 g/mol. The van der Waals surface area contributed by atoms with E-state index < -0.39 is 0 Å². The van der Waals surface area contributed by atoms with Crippen LogP contribution in [0, 0.1) is 0 Å². The van der Waals surface area contributed by atoms with Gasteiger partial charge in [0.05, 0.1) is 12.9 Å². The average molecular weight is 460 g/mol. The third-order valence-corrected chi connectivity index (χ3v) is 7.22. The van der Waals surface area contributed by atoms with E-state index in [2.05, 4.69) is 15.1 Å². The maximum Gasteiger partial charge on any atom is 0.277 e. The molecule has 1 heterocycles. The van der Waals surface area contributed by atoms with Crippen molar-refractivity contribution in [1.82, 2.24) is 15.1 Å². The number of carbonyl (C=O) groups is 1. The Hall–Kier alpha value is -2.22. The predicted octanol–water partition coefficient (Wildman–Crippen LogP) is 5.24. The fourth-order valence-corrected chi connectivity index (χ4v) is 5.44. The van der Waals surface area contributed by atoms with Gasteiger partial charge in [-0.15, -0.1) is 10.2 Å². The van der Waals surface area contributed by atoms with Crippen molar-refractivity contribution in [3.05, 3.63) is 30.2 Å². The largest absolute Gasteiger partial charge is 0.497 e. The molecule has 8 heteroatoms. The molecule has 4 rings (SSSR count). The summed E-state index contributed by atoms with van der Waals surface area (Å²) in [5.74, 6) is 2.42. The first kappa shape index (κ1) is 23.0. The number of benzene rings is 1. The van der Waals surface area contributed by atoms with Crippen molar-refractivity contribution in [3.63, 3.8) is 0 Å². The monoisotopic (exact) mass is 459 g/mol. The molecule has 1 amide bonds. The Kier molecular flexibility index (Phi) is 8.31. The fourth-order valence-electron chi connectivity index (χ4n) is 4.79. The van der Waals surface area contributed by atoms with Gasteiger partial charge in [0, 0.05) is 12.1 Å². The summed E-state index contributed by atoms with van der Waals surface area (Å²) in [6.07, 6.45) is 12.1. The number of hydrogen-bond acceptors (Lipinski definition) is 7. The van der Waals surface area contributed by atoms with E-state index in [1.54, 1.807) is 7.11 Å². The van der Waals surface area contributed by atoms with Crippen LogP contribution in [-0.2, 0) is 11.4 Å². The number of ether oxygens (including phenoxy) is 2. The van der Waals surface area contributed by atoms with Crippen molar-refractivity contribution < 1.29 is 18.7 Å². The third kappa shape index (κ3) is 6.18. The molecule has 0 radical (unpaired) electrons. The topological polar surface area (TPSA) is 77.7 Å². The summed E-state index contributed by atoms with van der Waals surface area (Å²) in [6, 6.07) is 8.12. The van der Waals surface area contributed by atoms with Gasteiger partial charge in [-0.3, -0.25) is 4.79 Å². The summed E-state index contributed by atoms with van der Waals surface area (Å²) in [5.41, 5.74) is 0. The lowest BCUT2D eigenvalue weighted by molar-refractivity contribution is -0.135. The number of thioether (sulfide) groups is 1. The highest BCUT2D eigenvalue weighted by Gasteiger charge is 2.32. The molecule has 1 aromatic carbocycles. The van der Waals surface area contributed by atoms with Crippen molar-refractivity contribution in [1.29, 1.82) is 0 Å². The van der Waals surface area contributed by atoms with Gasteiger partial charge in [0.1, 0.15) is 11.5 Å². The van der Waals surface area contributed by atoms with Gasteiger partial charge in [-0.05, 0) is 49.9 Å². The van der Waals surface area contributed by atoms with Crippen molar-refractivity contribution in [2.24, 2.45) is 0 Å². The summed E-state index contributed by atoms with van der Waals surface area (Å²) in [6.45, 7) is 0.185. The number of aromatic nitrogens is 2. The molecule has 2 aromatic rings. The molecule has 0 spiro atoms. The number of nitrogens with zero attached hydrogens (tertiary/aromatic N) is 3. The van der Waals surface area contributed by atoms with E-state index in [9.17, 15) is 4.79 Å². The van der Waals surface area contributed by atoms with Gasteiger partial charge in [0.2, 0.25) is 5.91 Å². The van der Waals surface area contributed by atoms with Crippen molar-refractivity contribution in [3.8, 4) is 11.5 Å². The molecule has 2 fully saturated rings. The highest BCUT2D eigenvalue weighted by Crippen LogP contribution is 2.31. The Morgan fingerprint density at radius 2 is 1.56 bits per heavy atom. The maximum absolute atomic E-state index is 13.3. The van der Waals surface area contributed by atoms with Crippen LogP contribution in [0.5, 0.6) is 11.5 Å². The molecular formula is C24H33N3O4S. The second-order valence-corrected chi connectivity index (χ2v) is 9.53. The second-order valence-electron chi connectivity index (χ2n) is 8.60. The molecule has 1 aromatic heterocycles. The van der Waals surface area contributed by atoms with E-state index in [-0.39, 0.29) is 12.5 Å². The smallest absolute Gasteiger partial charge is 0.277 e. The molecule has 7 nitrogen and oxygen atoms in total. The van der Waals surface area contributed by atoms with Gasteiger partial charge in [-0.25, -0.2) is 0 Å². The lowest BCUT2D eigenvalue weighted by Crippen LogP contribution is -2.49. The number of methoxy groups -OCH3 is 1. The summed E-state index contributed by atoms with van der Waals surface area (Å²) in [7, 11) is 1.63. The Balaban J connectivity index is 1.30. The molecule has 0 atom stereocenters. The van der Waals surface area contributed by atoms with Crippen LogP contribution in [0.2, 0.25) is 0 Å². The van der Waals surface area contributed by atoms with Crippen LogP contribution in [0.1, 0.15) is 70.1 Å². The minimum Gasteiger partial charge on any atom is -0.497 e. The van der Waals surface area contributed by atoms with Gasteiger partial charge in [0.15, 0.2) is 6.61 Å². The quantitative estimate of drug-likeness (QED) is 0.474. The molecule has 2 aliphatic rings. The van der Waals surface area contributed by atoms with Crippen LogP contribution in [0.4, 0.5) is 0 Å². The van der Waals surface area contributed by atoms with Crippen molar-refractivity contribution in [2.45, 2.75) is 88.1 Å². The third-order valence-electron chi connectivity index (χ3n) is 6.41. The Morgan fingerprint density at radius 1 is 0.969 bits per heavy atom. The van der Waals surface area contributed by atoms with Gasteiger partial charge >= 0.3 is 0 Å². The van der Waals surface area contributed by atoms with Crippen LogP contribution < -0.4 is 9.47 Å². The molecule has 0 aliphatic heterocycles. The van der Waals surface area contributed by atoms with E-state index >= 15 is 0 Å². The lowest BCUT2D eigenvalue weighted by Gasteiger charge is -2.41. The molecule has 2 saturated carbocycles. The number of amides is 1. The predicted molar refractivity (Wildman–Crippen MR) is 123 cm³/mol. The van der Waals surface area contributed by atoms with Crippen LogP contribution in [0.25, 0.3) is 0 Å². The maximum atomic E-state index is 13.3. The van der Waals surface area contributed by atoms with Crippen LogP contribution in [0.3, 0.4) is 0 Å². The lowest BCUT2D eigenvalue weighted by atomic mass is 9.88. The fraction of sp³-hybridized carbons (Fsp3) is 0.625. The molecule has 174 valence electrons. The SMILES string of the molecule is COc1ccc(OCc2nnc(SCC(=O)N(C3CCCCC3)C3CCCCC3)o2)cc1. The summed E-state index contributed by atoms with van der Waals surface area (Å²) in [5, 5.41) is 8.56. The normalized spacial score (nSPS) is 17.8. The summed E-state index contributed by atoms with van der Waals surface area (Å²) in [4.78, 5) is 15.5. The summed E-state index contributed by atoms with van der Waals surface area (Å²) < 4.78 is 16.5. The first-order valence-corrected chi connectivity index (χ1v) is 12.7. The van der Waals surface area contributed by atoms with E-state index in [4.69, 9.17) is 13.9 Å². The number of rotatable bonds is 9. The van der Waals surface area contributed by atoms with E-state index in [1.807, 2.05) is 24.3 Å². The highest BCUT2D eigenvalue weighted by molar-refractivity contribution is 7.99. The van der Waals surface area contributed by atoms with E-state index in [0.29, 0.717) is 34.7 Å². The Bertz CT molecular complexity index is 827. The van der Waals surface area contributed by atoms with Gasteiger partial charge < -0.3 is 18.8 Å². The average Bonchev–Trinajstić information content (AvgIpc) is 3.31. The molecule has 0 saturated heterocycles. The van der Waals surface area contributed by atoms with E-state index in [0.717, 1.165) is 31.4 Å². The molecule has 0 bridgehead atoms. The first-order chi connectivity index (χ1) is 15.7. The second kappa shape index (κ2) is 11.6. The molecule has 0 unspecified atom stereocenters. The highest BCUT2D eigenvalue weighted by atomic mass is 32.2.